The van der Waals surface area contributed by atoms with E-state index in [1.54, 1.807) is 0 Å². The van der Waals surface area contributed by atoms with Crippen LogP contribution in [0.4, 0.5) is 4.79 Å². The number of rotatable bonds is 4. The molecule has 1 aromatic carbocycles. The van der Waals surface area contributed by atoms with Gasteiger partial charge in [0.25, 0.3) is 0 Å². The van der Waals surface area contributed by atoms with Gasteiger partial charge in [0, 0.05) is 18.3 Å². The van der Waals surface area contributed by atoms with Crippen LogP contribution in [0.1, 0.15) is 34.9 Å². The smallest absolute Gasteiger partial charge is 0.315 e. The van der Waals surface area contributed by atoms with E-state index in [0.29, 0.717) is 0 Å². The van der Waals surface area contributed by atoms with Gasteiger partial charge in [0.15, 0.2) is 0 Å². The summed E-state index contributed by atoms with van der Waals surface area (Å²) in [6, 6.07) is 7.50. The van der Waals surface area contributed by atoms with Crippen molar-refractivity contribution in [2.24, 2.45) is 0 Å². The van der Waals surface area contributed by atoms with E-state index in [2.05, 4.69) is 20.8 Å². The Balaban J connectivity index is 1.48. The predicted molar refractivity (Wildman–Crippen MR) is 87.1 cm³/mol. The predicted octanol–water partition coefficient (Wildman–Crippen LogP) is 1.61. The van der Waals surface area contributed by atoms with E-state index in [4.69, 9.17) is 0 Å². The van der Waals surface area contributed by atoms with Gasteiger partial charge >= 0.3 is 6.03 Å². The number of hydrogen-bond donors (Lipinski definition) is 4. The Bertz CT molecular complexity index is 683. The number of aromatic nitrogens is 2. The average molecular weight is 314 g/mol. The molecule has 1 aliphatic rings. The molecule has 6 nitrogen and oxygen atoms in total. The molecular formula is C17H22N4O2. The molecule has 2 unspecified atom stereocenters. The fourth-order valence-corrected chi connectivity index (χ4v) is 3.04. The highest BCUT2D eigenvalue weighted by atomic mass is 16.3. The Labute approximate surface area is 135 Å². The number of amides is 2. The first-order valence-electron chi connectivity index (χ1n) is 7.92. The summed E-state index contributed by atoms with van der Waals surface area (Å²) in [6.07, 6.45) is 3.70. The Morgan fingerprint density at radius 2 is 2.30 bits per heavy atom. The maximum absolute atomic E-state index is 12.0. The van der Waals surface area contributed by atoms with Crippen molar-refractivity contribution in [3.63, 3.8) is 0 Å². The topological polar surface area (TPSA) is 90.0 Å². The third-order valence-electron chi connectivity index (χ3n) is 4.36. The zero-order chi connectivity index (χ0) is 16.2. The minimum atomic E-state index is -0.700. The van der Waals surface area contributed by atoms with Gasteiger partial charge in [-0.1, -0.05) is 24.3 Å². The van der Waals surface area contributed by atoms with Gasteiger partial charge in [-0.3, -0.25) is 5.10 Å². The molecule has 0 bridgehead atoms. The maximum Gasteiger partial charge on any atom is 0.315 e. The van der Waals surface area contributed by atoms with Crippen LogP contribution in [-0.4, -0.2) is 33.9 Å². The van der Waals surface area contributed by atoms with Crippen LogP contribution in [0.3, 0.4) is 0 Å². The van der Waals surface area contributed by atoms with E-state index in [1.807, 2.05) is 37.4 Å². The van der Waals surface area contributed by atoms with Crippen LogP contribution in [0.25, 0.3) is 0 Å². The number of nitrogens with zero attached hydrogens (tertiary/aromatic N) is 1. The SMILES string of the molecule is Cc1ccccc1C(O)CNC(=O)NC1CCc2[nH]ncc2C1. The highest BCUT2D eigenvalue weighted by molar-refractivity contribution is 5.74. The molecule has 122 valence electrons. The molecule has 2 amide bonds. The van der Waals surface area contributed by atoms with Crippen molar-refractivity contribution in [2.75, 3.05) is 6.54 Å². The summed E-state index contributed by atoms with van der Waals surface area (Å²) in [5.74, 6) is 0. The molecule has 6 heteroatoms. The average Bonchev–Trinajstić information content (AvgIpc) is 3.01. The highest BCUT2D eigenvalue weighted by Crippen LogP contribution is 2.19. The van der Waals surface area contributed by atoms with E-state index in [9.17, 15) is 9.90 Å². The number of aryl methyl sites for hydroxylation is 2. The maximum atomic E-state index is 12.0. The zero-order valence-corrected chi connectivity index (χ0v) is 13.2. The Morgan fingerprint density at radius 3 is 3.13 bits per heavy atom. The number of benzene rings is 1. The summed E-state index contributed by atoms with van der Waals surface area (Å²) in [5, 5.41) is 22.9. The Morgan fingerprint density at radius 1 is 1.48 bits per heavy atom. The van der Waals surface area contributed by atoms with Gasteiger partial charge in [-0.2, -0.15) is 5.10 Å². The fourth-order valence-electron chi connectivity index (χ4n) is 3.04. The number of carbonyl (C=O) groups excluding carboxylic acids is 1. The van der Waals surface area contributed by atoms with E-state index in [1.165, 1.54) is 11.3 Å². The van der Waals surface area contributed by atoms with Crippen molar-refractivity contribution in [1.29, 1.82) is 0 Å². The first-order valence-corrected chi connectivity index (χ1v) is 7.92. The van der Waals surface area contributed by atoms with Crippen molar-refractivity contribution >= 4 is 6.03 Å². The number of hydrogen-bond acceptors (Lipinski definition) is 3. The molecule has 1 aliphatic carbocycles. The lowest BCUT2D eigenvalue weighted by Crippen LogP contribution is -2.45. The first-order chi connectivity index (χ1) is 11.1. The van der Waals surface area contributed by atoms with Gasteiger partial charge in [0.05, 0.1) is 12.3 Å². The minimum absolute atomic E-state index is 0.107. The molecule has 4 N–H and O–H groups in total. The van der Waals surface area contributed by atoms with Gasteiger partial charge in [0.2, 0.25) is 0 Å². The molecular weight excluding hydrogens is 292 g/mol. The summed E-state index contributed by atoms with van der Waals surface area (Å²) in [5.41, 5.74) is 4.19. The van der Waals surface area contributed by atoms with E-state index >= 15 is 0 Å². The van der Waals surface area contributed by atoms with Crippen molar-refractivity contribution in [1.82, 2.24) is 20.8 Å². The lowest BCUT2D eigenvalue weighted by molar-refractivity contribution is 0.171. The molecule has 1 aromatic heterocycles. The van der Waals surface area contributed by atoms with Crippen molar-refractivity contribution in [3.8, 4) is 0 Å². The molecule has 0 radical (unpaired) electrons. The third-order valence-corrected chi connectivity index (χ3v) is 4.36. The van der Waals surface area contributed by atoms with Crippen molar-refractivity contribution < 1.29 is 9.90 Å². The van der Waals surface area contributed by atoms with Gasteiger partial charge in [-0.25, -0.2) is 4.79 Å². The number of H-pyrrole nitrogens is 1. The van der Waals surface area contributed by atoms with E-state index in [0.717, 1.165) is 30.4 Å². The molecule has 1 heterocycles. The standard InChI is InChI=1S/C17H22N4O2/c1-11-4-2-3-5-14(11)16(22)10-18-17(23)20-13-6-7-15-12(8-13)9-19-21-15/h2-5,9,13,16,22H,6-8,10H2,1H3,(H,19,21)(H2,18,20,23). The number of fused-ring (bicyclic) bond motifs is 1. The molecule has 2 aromatic rings. The normalized spacial score (nSPS) is 18.1. The lowest BCUT2D eigenvalue weighted by atomic mass is 9.94. The van der Waals surface area contributed by atoms with Gasteiger partial charge in [-0.05, 0) is 42.9 Å². The Kier molecular flexibility index (Phi) is 4.62. The molecule has 3 rings (SSSR count). The number of nitrogens with one attached hydrogen (secondary N) is 3. The molecule has 0 fully saturated rings. The minimum Gasteiger partial charge on any atom is -0.387 e. The summed E-state index contributed by atoms with van der Waals surface area (Å²) < 4.78 is 0. The van der Waals surface area contributed by atoms with E-state index in [-0.39, 0.29) is 18.6 Å². The number of urea groups is 1. The largest absolute Gasteiger partial charge is 0.387 e. The number of aromatic amines is 1. The molecule has 0 spiro atoms. The number of aliphatic hydroxyl groups is 1. The molecule has 0 saturated heterocycles. The quantitative estimate of drug-likeness (QED) is 0.691. The fraction of sp³-hybridized carbons (Fsp3) is 0.412. The summed E-state index contributed by atoms with van der Waals surface area (Å²) in [4.78, 5) is 12.0. The van der Waals surface area contributed by atoms with Crippen LogP contribution in [0.5, 0.6) is 0 Å². The second-order valence-corrected chi connectivity index (χ2v) is 6.04. The van der Waals surface area contributed by atoms with Crippen molar-refractivity contribution in [3.05, 3.63) is 52.8 Å². The highest BCUT2D eigenvalue weighted by Gasteiger charge is 2.21. The summed E-state index contributed by atoms with van der Waals surface area (Å²) in [7, 11) is 0. The first kappa shape index (κ1) is 15.6. The van der Waals surface area contributed by atoms with Gasteiger partial charge in [0.1, 0.15) is 0 Å². The van der Waals surface area contributed by atoms with Gasteiger partial charge < -0.3 is 15.7 Å². The van der Waals surface area contributed by atoms with Crippen LogP contribution in [0.2, 0.25) is 0 Å². The Hall–Kier alpha value is -2.34. The summed E-state index contributed by atoms with van der Waals surface area (Å²) in [6.45, 7) is 2.14. The molecule has 2 atom stereocenters. The van der Waals surface area contributed by atoms with Crippen LogP contribution in [-0.2, 0) is 12.8 Å². The van der Waals surface area contributed by atoms with Crippen LogP contribution < -0.4 is 10.6 Å². The van der Waals surface area contributed by atoms with E-state index < -0.39 is 6.10 Å². The van der Waals surface area contributed by atoms with Crippen LogP contribution in [0.15, 0.2) is 30.5 Å². The molecule has 23 heavy (non-hydrogen) atoms. The third kappa shape index (κ3) is 3.71. The molecule has 0 saturated carbocycles. The number of carbonyl (C=O) groups is 1. The lowest BCUT2D eigenvalue weighted by Gasteiger charge is -2.23. The van der Waals surface area contributed by atoms with Crippen LogP contribution >= 0.6 is 0 Å². The second-order valence-electron chi connectivity index (χ2n) is 6.04. The monoisotopic (exact) mass is 314 g/mol. The summed E-state index contributed by atoms with van der Waals surface area (Å²) >= 11 is 0. The van der Waals surface area contributed by atoms with Crippen molar-refractivity contribution in [2.45, 2.75) is 38.3 Å². The molecule has 0 aliphatic heterocycles. The van der Waals surface area contributed by atoms with Gasteiger partial charge in [-0.15, -0.1) is 0 Å². The number of aliphatic hydroxyl groups excluding tert-OH is 1. The zero-order valence-electron chi connectivity index (χ0n) is 13.2. The second kappa shape index (κ2) is 6.83. The van der Waals surface area contributed by atoms with Crippen LogP contribution in [0, 0.1) is 6.92 Å².